The predicted octanol–water partition coefficient (Wildman–Crippen LogP) is 0.933. The minimum atomic E-state index is 0.0314. The number of nitrogens with zero attached hydrogens (tertiary/aromatic N) is 2. The summed E-state index contributed by atoms with van der Waals surface area (Å²) in [6.07, 6.45) is 8.38. The molecule has 1 fully saturated rings. The molecule has 3 N–H and O–H groups in total. The second kappa shape index (κ2) is 5.03. The minimum absolute atomic E-state index is 0.0314. The molecule has 0 aromatic carbocycles. The number of aromatic nitrogens is 2. The summed E-state index contributed by atoms with van der Waals surface area (Å²) in [6.45, 7) is 0. The van der Waals surface area contributed by atoms with E-state index in [-0.39, 0.29) is 17.9 Å². The van der Waals surface area contributed by atoms with Crippen molar-refractivity contribution in [3.05, 3.63) is 18.7 Å². The Bertz CT molecular complexity index is 354. The highest BCUT2D eigenvalue weighted by Crippen LogP contribution is 2.24. The molecule has 0 spiro atoms. The maximum atomic E-state index is 11.9. The van der Waals surface area contributed by atoms with Crippen molar-refractivity contribution in [3.8, 4) is 0 Å². The van der Waals surface area contributed by atoms with Crippen molar-refractivity contribution in [2.75, 3.05) is 5.32 Å². The third kappa shape index (κ3) is 2.76. The Labute approximate surface area is 94.5 Å². The second-order valence-electron chi connectivity index (χ2n) is 4.24. The third-order valence-electron chi connectivity index (χ3n) is 2.91. The molecule has 1 aliphatic carbocycles. The second-order valence-corrected chi connectivity index (χ2v) is 4.24. The molecule has 16 heavy (non-hydrogen) atoms. The molecule has 5 nitrogen and oxygen atoms in total. The van der Waals surface area contributed by atoms with Gasteiger partial charge < -0.3 is 11.1 Å². The van der Waals surface area contributed by atoms with E-state index in [9.17, 15) is 4.79 Å². The summed E-state index contributed by atoms with van der Waals surface area (Å²) in [5, 5.41) is 2.81. The largest absolute Gasteiger partial charge is 0.328 e. The van der Waals surface area contributed by atoms with Gasteiger partial charge >= 0.3 is 0 Å². The predicted molar refractivity (Wildman–Crippen MR) is 60.6 cm³/mol. The van der Waals surface area contributed by atoms with Crippen molar-refractivity contribution in [3.63, 3.8) is 0 Å². The van der Waals surface area contributed by atoms with Gasteiger partial charge in [0.25, 0.3) is 0 Å². The SMILES string of the molecule is NC1CCCC(C(=O)Nc2cncnc2)C1. The third-order valence-corrected chi connectivity index (χ3v) is 2.91. The molecule has 0 bridgehead atoms. The number of amides is 1. The summed E-state index contributed by atoms with van der Waals surface area (Å²) in [5.74, 6) is 0.0638. The molecule has 1 saturated carbocycles. The van der Waals surface area contributed by atoms with Crippen LogP contribution in [0.1, 0.15) is 25.7 Å². The van der Waals surface area contributed by atoms with Gasteiger partial charge in [0.15, 0.2) is 0 Å². The Morgan fingerprint density at radius 1 is 1.38 bits per heavy atom. The van der Waals surface area contributed by atoms with Crippen LogP contribution in [0.4, 0.5) is 5.69 Å². The van der Waals surface area contributed by atoms with Gasteiger partial charge in [-0.1, -0.05) is 6.42 Å². The first-order chi connectivity index (χ1) is 7.75. The molecular weight excluding hydrogens is 204 g/mol. The molecule has 2 atom stereocenters. The van der Waals surface area contributed by atoms with Crippen LogP contribution in [-0.4, -0.2) is 21.9 Å². The number of rotatable bonds is 2. The zero-order valence-electron chi connectivity index (χ0n) is 9.10. The van der Waals surface area contributed by atoms with Crippen LogP contribution < -0.4 is 11.1 Å². The fourth-order valence-electron chi connectivity index (χ4n) is 2.07. The van der Waals surface area contributed by atoms with Gasteiger partial charge in [-0.25, -0.2) is 9.97 Å². The summed E-state index contributed by atoms with van der Waals surface area (Å²) >= 11 is 0. The van der Waals surface area contributed by atoms with Gasteiger partial charge in [-0.3, -0.25) is 4.79 Å². The average Bonchev–Trinajstić information content (AvgIpc) is 2.30. The van der Waals surface area contributed by atoms with Crippen molar-refractivity contribution < 1.29 is 4.79 Å². The van der Waals surface area contributed by atoms with E-state index in [1.807, 2.05) is 0 Å². The summed E-state index contributed by atoms with van der Waals surface area (Å²) in [4.78, 5) is 19.6. The van der Waals surface area contributed by atoms with Gasteiger partial charge in [0, 0.05) is 12.0 Å². The van der Waals surface area contributed by atoms with Crippen LogP contribution in [0.2, 0.25) is 0 Å². The number of hydrogen-bond acceptors (Lipinski definition) is 4. The van der Waals surface area contributed by atoms with E-state index < -0.39 is 0 Å². The molecule has 1 aromatic heterocycles. The highest BCUT2D eigenvalue weighted by molar-refractivity contribution is 5.92. The standard InChI is InChI=1S/C11H16N4O/c12-9-3-1-2-8(4-9)11(16)15-10-5-13-7-14-6-10/h5-9H,1-4,12H2,(H,15,16). The van der Waals surface area contributed by atoms with E-state index in [2.05, 4.69) is 15.3 Å². The van der Waals surface area contributed by atoms with Crippen molar-refractivity contribution in [1.29, 1.82) is 0 Å². The fraction of sp³-hybridized carbons (Fsp3) is 0.545. The highest BCUT2D eigenvalue weighted by atomic mass is 16.1. The lowest BCUT2D eigenvalue weighted by Crippen LogP contribution is -2.34. The molecule has 0 radical (unpaired) electrons. The summed E-state index contributed by atoms with van der Waals surface area (Å²) in [7, 11) is 0. The number of carbonyl (C=O) groups is 1. The van der Waals surface area contributed by atoms with Crippen LogP contribution in [0.3, 0.4) is 0 Å². The van der Waals surface area contributed by atoms with Crippen LogP contribution in [0, 0.1) is 5.92 Å². The Kier molecular flexibility index (Phi) is 3.46. The van der Waals surface area contributed by atoms with E-state index in [1.54, 1.807) is 12.4 Å². The zero-order chi connectivity index (χ0) is 11.4. The lowest BCUT2D eigenvalue weighted by Gasteiger charge is -2.25. The van der Waals surface area contributed by atoms with E-state index in [4.69, 9.17) is 5.73 Å². The fourth-order valence-corrected chi connectivity index (χ4v) is 2.07. The molecule has 86 valence electrons. The van der Waals surface area contributed by atoms with Crippen LogP contribution in [-0.2, 0) is 4.79 Å². The Morgan fingerprint density at radius 3 is 2.81 bits per heavy atom. The lowest BCUT2D eigenvalue weighted by molar-refractivity contribution is -0.120. The molecule has 0 saturated heterocycles. The van der Waals surface area contributed by atoms with E-state index in [0.717, 1.165) is 25.7 Å². The maximum absolute atomic E-state index is 11.9. The topological polar surface area (TPSA) is 80.9 Å². The van der Waals surface area contributed by atoms with Gasteiger partial charge in [0.05, 0.1) is 18.1 Å². The Morgan fingerprint density at radius 2 is 2.12 bits per heavy atom. The normalized spacial score (nSPS) is 25.1. The van der Waals surface area contributed by atoms with Crippen molar-refractivity contribution >= 4 is 11.6 Å². The summed E-state index contributed by atoms with van der Waals surface area (Å²) in [5.41, 5.74) is 6.50. The number of nitrogens with two attached hydrogens (primary N) is 1. The van der Waals surface area contributed by atoms with Gasteiger partial charge in [-0.15, -0.1) is 0 Å². The van der Waals surface area contributed by atoms with Crippen LogP contribution in [0.15, 0.2) is 18.7 Å². The molecule has 1 aromatic rings. The maximum Gasteiger partial charge on any atom is 0.227 e. The smallest absolute Gasteiger partial charge is 0.227 e. The van der Waals surface area contributed by atoms with Gasteiger partial charge in [-0.2, -0.15) is 0 Å². The first-order valence-electron chi connectivity index (χ1n) is 5.57. The Hall–Kier alpha value is -1.49. The lowest BCUT2D eigenvalue weighted by atomic mass is 9.85. The van der Waals surface area contributed by atoms with E-state index >= 15 is 0 Å². The number of anilines is 1. The van der Waals surface area contributed by atoms with Crippen molar-refractivity contribution in [2.45, 2.75) is 31.7 Å². The van der Waals surface area contributed by atoms with Gasteiger partial charge in [0.2, 0.25) is 5.91 Å². The van der Waals surface area contributed by atoms with Gasteiger partial charge in [0.1, 0.15) is 6.33 Å². The molecule has 0 aliphatic heterocycles. The molecule has 5 heteroatoms. The van der Waals surface area contributed by atoms with Crippen LogP contribution in [0.25, 0.3) is 0 Å². The highest BCUT2D eigenvalue weighted by Gasteiger charge is 2.25. The first-order valence-corrected chi connectivity index (χ1v) is 5.57. The first kappa shape index (κ1) is 11.0. The molecule has 2 rings (SSSR count). The molecule has 1 heterocycles. The van der Waals surface area contributed by atoms with Crippen LogP contribution >= 0.6 is 0 Å². The van der Waals surface area contributed by atoms with Crippen molar-refractivity contribution in [2.24, 2.45) is 11.7 Å². The zero-order valence-corrected chi connectivity index (χ0v) is 9.10. The van der Waals surface area contributed by atoms with E-state index in [0.29, 0.717) is 5.69 Å². The van der Waals surface area contributed by atoms with E-state index in [1.165, 1.54) is 6.33 Å². The summed E-state index contributed by atoms with van der Waals surface area (Å²) < 4.78 is 0. The number of carbonyl (C=O) groups excluding carboxylic acids is 1. The van der Waals surface area contributed by atoms with Crippen LogP contribution in [0.5, 0.6) is 0 Å². The summed E-state index contributed by atoms with van der Waals surface area (Å²) in [6, 6.07) is 0.163. The molecular formula is C11H16N4O. The average molecular weight is 220 g/mol. The molecule has 2 unspecified atom stereocenters. The molecule has 1 aliphatic rings. The minimum Gasteiger partial charge on any atom is -0.328 e. The van der Waals surface area contributed by atoms with Crippen molar-refractivity contribution in [1.82, 2.24) is 9.97 Å². The van der Waals surface area contributed by atoms with Gasteiger partial charge in [-0.05, 0) is 19.3 Å². The number of hydrogen-bond donors (Lipinski definition) is 2. The number of nitrogens with one attached hydrogen (secondary N) is 1. The molecule has 1 amide bonds. The Balaban J connectivity index is 1.93. The monoisotopic (exact) mass is 220 g/mol. The quantitative estimate of drug-likeness (QED) is 0.777.